The molecular formula is C46H26N4. The number of fused-ring (bicyclic) bond motifs is 4. The van der Waals surface area contributed by atoms with E-state index in [1.165, 1.54) is 60.7 Å². The van der Waals surface area contributed by atoms with Crippen LogP contribution in [-0.2, 0) is 0 Å². The third-order valence-electron chi connectivity index (χ3n) is 9.69. The van der Waals surface area contributed by atoms with E-state index >= 15 is 0 Å². The van der Waals surface area contributed by atoms with Gasteiger partial charge in [0.2, 0.25) is 0 Å². The predicted octanol–water partition coefficient (Wildman–Crippen LogP) is 11.2. The maximum Gasteiger partial charge on any atom is 0.111 e. The Morgan fingerprint density at radius 1 is 0.360 bits per heavy atom. The van der Waals surface area contributed by atoms with Crippen molar-refractivity contribution in [3.63, 3.8) is 0 Å². The molecule has 0 spiro atoms. The van der Waals surface area contributed by atoms with Gasteiger partial charge in [-0.15, -0.1) is 10.2 Å². The minimum Gasteiger partial charge on any atom is -0.245 e. The molecule has 0 aliphatic heterocycles. The number of nitrogens with zero attached hydrogens (tertiary/aromatic N) is 4. The average molecular weight is 635 g/mol. The fourth-order valence-electron chi connectivity index (χ4n) is 7.59. The van der Waals surface area contributed by atoms with E-state index in [4.69, 9.17) is 10.1 Å². The van der Waals surface area contributed by atoms with E-state index in [0.717, 1.165) is 33.7 Å². The fourth-order valence-corrected chi connectivity index (χ4v) is 7.59. The van der Waals surface area contributed by atoms with Gasteiger partial charge in [-0.2, -0.15) is 0 Å². The molecule has 230 valence electrons. The van der Waals surface area contributed by atoms with Crippen molar-refractivity contribution in [3.05, 3.63) is 170 Å². The number of benzene rings is 6. The van der Waals surface area contributed by atoms with Gasteiger partial charge in [0, 0.05) is 11.6 Å². The summed E-state index contributed by atoms with van der Waals surface area (Å²) in [6, 6.07) is 59.1. The van der Waals surface area contributed by atoms with Gasteiger partial charge in [0.1, 0.15) is 5.69 Å². The Bertz CT molecular complexity index is 2630. The van der Waals surface area contributed by atoms with Gasteiger partial charge in [0.05, 0.1) is 29.0 Å². The average Bonchev–Trinajstić information content (AvgIpc) is 3.53. The van der Waals surface area contributed by atoms with Crippen molar-refractivity contribution in [2.45, 2.75) is 0 Å². The molecule has 4 heteroatoms. The Morgan fingerprint density at radius 3 is 1.56 bits per heavy atom. The Kier molecular flexibility index (Phi) is 6.37. The summed E-state index contributed by atoms with van der Waals surface area (Å²) in [4.78, 5) is 9.19. The van der Waals surface area contributed by atoms with Gasteiger partial charge >= 0.3 is 0 Å². The van der Waals surface area contributed by atoms with Crippen molar-refractivity contribution in [3.8, 4) is 78.5 Å². The zero-order chi connectivity index (χ0) is 33.0. The summed E-state index contributed by atoms with van der Waals surface area (Å²) in [5.74, 6) is 0. The summed E-state index contributed by atoms with van der Waals surface area (Å²) in [7, 11) is 0. The molecule has 0 unspecified atom stereocenters. The number of hydrogen-bond acceptors (Lipinski definition) is 4. The first-order chi connectivity index (χ1) is 24.8. The maximum atomic E-state index is 4.81. The van der Waals surface area contributed by atoms with Crippen molar-refractivity contribution in [1.82, 2.24) is 20.2 Å². The zero-order valence-electron chi connectivity index (χ0n) is 26.8. The van der Waals surface area contributed by atoms with Crippen LogP contribution in [-0.4, -0.2) is 20.2 Å². The lowest BCUT2D eigenvalue weighted by Gasteiger charge is -2.20. The standard InChI is InChI=1S/C46H26N4/c1-3-13-29(14-4-1)42-33-17-7-8-18-34(33)43(30-15-5-2-6-16-30)46-36-25-24-31(32-19-11-20-35(44(32)36)45(42)46)37-26-27-41(50-49-37)40-23-12-22-39(48-40)38-21-9-10-28-47-38/h1-8,11-28H. The van der Waals surface area contributed by atoms with Crippen LogP contribution in [0.3, 0.4) is 0 Å². The van der Waals surface area contributed by atoms with E-state index in [2.05, 4.69) is 137 Å². The lowest BCUT2D eigenvalue weighted by Crippen LogP contribution is -1.95. The van der Waals surface area contributed by atoms with Crippen LogP contribution >= 0.6 is 0 Å². The molecule has 0 saturated heterocycles. The summed E-state index contributed by atoms with van der Waals surface area (Å²) >= 11 is 0. The lowest BCUT2D eigenvalue weighted by molar-refractivity contribution is 1.04. The quantitative estimate of drug-likeness (QED) is 0.189. The molecule has 10 rings (SSSR count). The molecule has 1 aliphatic rings. The van der Waals surface area contributed by atoms with Crippen molar-refractivity contribution < 1.29 is 0 Å². The van der Waals surface area contributed by atoms with Gasteiger partial charge < -0.3 is 0 Å². The first kappa shape index (κ1) is 28.1. The predicted molar refractivity (Wildman–Crippen MR) is 202 cm³/mol. The van der Waals surface area contributed by atoms with Crippen LogP contribution in [0.15, 0.2) is 158 Å². The Labute approximate surface area is 289 Å². The van der Waals surface area contributed by atoms with Crippen molar-refractivity contribution in [2.75, 3.05) is 0 Å². The lowest BCUT2D eigenvalue weighted by atomic mass is 9.82. The van der Waals surface area contributed by atoms with Crippen LogP contribution in [0.2, 0.25) is 0 Å². The number of pyridine rings is 1. The van der Waals surface area contributed by atoms with Gasteiger partial charge in [0.25, 0.3) is 0 Å². The molecular weight excluding hydrogens is 609 g/mol. The summed E-state index contributed by atoms with van der Waals surface area (Å²) in [5, 5.41) is 14.3. The van der Waals surface area contributed by atoms with E-state index in [0.29, 0.717) is 5.69 Å². The highest BCUT2D eigenvalue weighted by Crippen LogP contribution is 2.58. The second-order valence-electron chi connectivity index (χ2n) is 12.5. The van der Waals surface area contributed by atoms with E-state index in [-0.39, 0.29) is 0 Å². The molecule has 3 heterocycles. The number of hydrogen-bond donors (Lipinski definition) is 0. The normalized spacial score (nSPS) is 11.4. The molecule has 1 aliphatic carbocycles. The van der Waals surface area contributed by atoms with Crippen LogP contribution in [0.25, 0.3) is 100 Å². The molecule has 3 aromatic heterocycles. The second kappa shape index (κ2) is 11.3. The third kappa shape index (κ3) is 4.35. The molecule has 0 saturated carbocycles. The monoisotopic (exact) mass is 634 g/mol. The Morgan fingerprint density at radius 2 is 0.920 bits per heavy atom. The number of rotatable bonds is 5. The molecule has 0 radical (unpaired) electrons. The molecule has 50 heavy (non-hydrogen) atoms. The third-order valence-corrected chi connectivity index (χ3v) is 9.69. The van der Waals surface area contributed by atoms with E-state index < -0.39 is 0 Å². The summed E-state index contributed by atoms with van der Waals surface area (Å²) in [5.41, 5.74) is 14.8. The van der Waals surface area contributed by atoms with Gasteiger partial charge in [-0.25, -0.2) is 9.97 Å². The molecule has 6 aromatic carbocycles. The SMILES string of the molecule is c1cnc(-c2cccc(-c3ccc(-c4ccc5c6c(cccc46)-c4c-5c(-c5ccccc5)c5ccccc5c4-c4ccccc4)nn3)n2)cc#1. The van der Waals surface area contributed by atoms with Gasteiger partial charge in [-0.05, 0) is 96.4 Å². The maximum absolute atomic E-state index is 4.81. The van der Waals surface area contributed by atoms with E-state index in [1.54, 1.807) is 12.3 Å². The van der Waals surface area contributed by atoms with Crippen LogP contribution in [0.1, 0.15) is 0 Å². The molecule has 0 N–H and O–H groups in total. The van der Waals surface area contributed by atoms with Crippen LogP contribution < -0.4 is 0 Å². The van der Waals surface area contributed by atoms with E-state index in [9.17, 15) is 0 Å². The topological polar surface area (TPSA) is 51.6 Å². The molecule has 0 bridgehead atoms. The Hall–Kier alpha value is -6.96. The van der Waals surface area contributed by atoms with Crippen LogP contribution in [0.4, 0.5) is 0 Å². The highest BCUT2D eigenvalue weighted by atomic mass is 15.1. The first-order valence-corrected chi connectivity index (χ1v) is 16.7. The van der Waals surface area contributed by atoms with Crippen molar-refractivity contribution in [2.24, 2.45) is 0 Å². The van der Waals surface area contributed by atoms with Crippen LogP contribution in [0, 0.1) is 12.1 Å². The van der Waals surface area contributed by atoms with Gasteiger partial charge in [0.15, 0.2) is 0 Å². The zero-order valence-corrected chi connectivity index (χ0v) is 26.8. The largest absolute Gasteiger partial charge is 0.245 e. The number of aromatic nitrogens is 4. The Balaban J connectivity index is 1.17. The van der Waals surface area contributed by atoms with E-state index in [1.807, 2.05) is 30.3 Å². The summed E-state index contributed by atoms with van der Waals surface area (Å²) < 4.78 is 0. The van der Waals surface area contributed by atoms with Gasteiger partial charge in [-0.1, -0.05) is 127 Å². The minimum absolute atomic E-state index is 0.701. The first-order valence-electron chi connectivity index (χ1n) is 16.7. The molecule has 4 nitrogen and oxygen atoms in total. The van der Waals surface area contributed by atoms with Crippen LogP contribution in [0.5, 0.6) is 0 Å². The highest BCUT2D eigenvalue weighted by molar-refractivity contribution is 6.28. The summed E-state index contributed by atoms with van der Waals surface area (Å²) in [6.07, 6.45) is 1.60. The second-order valence-corrected chi connectivity index (χ2v) is 12.5. The van der Waals surface area contributed by atoms with Crippen molar-refractivity contribution in [1.29, 1.82) is 0 Å². The molecule has 0 atom stereocenters. The summed E-state index contributed by atoms with van der Waals surface area (Å²) in [6.45, 7) is 0. The molecule has 0 fully saturated rings. The molecule has 0 amide bonds. The smallest absolute Gasteiger partial charge is 0.111 e. The minimum atomic E-state index is 0.701. The van der Waals surface area contributed by atoms with Gasteiger partial charge in [-0.3, -0.25) is 0 Å². The molecule has 9 aromatic rings. The van der Waals surface area contributed by atoms with Crippen molar-refractivity contribution >= 4 is 21.5 Å². The fraction of sp³-hybridized carbons (Fsp3) is 0. The highest BCUT2D eigenvalue weighted by Gasteiger charge is 2.31.